The molecule has 0 spiro atoms. The van der Waals surface area contributed by atoms with Crippen LogP contribution in [0.3, 0.4) is 0 Å². The van der Waals surface area contributed by atoms with Crippen molar-refractivity contribution in [1.29, 1.82) is 0 Å². The van der Waals surface area contributed by atoms with Crippen LogP contribution in [0.25, 0.3) is 0 Å². The minimum Gasteiger partial charge on any atom is -0.393 e. The first-order valence-corrected chi connectivity index (χ1v) is 4.30. The summed E-state index contributed by atoms with van der Waals surface area (Å²) >= 11 is 0. The zero-order valence-electron chi connectivity index (χ0n) is 7.72. The van der Waals surface area contributed by atoms with E-state index in [-0.39, 0.29) is 11.5 Å². The molecule has 0 saturated heterocycles. The van der Waals surface area contributed by atoms with E-state index < -0.39 is 0 Å². The van der Waals surface area contributed by atoms with E-state index in [2.05, 4.69) is 27.4 Å². The van der Waals surface area contributed by atoms with Gasteiger partial charge in [0.2, 0.25) is 0 Å². The Balaban J connectivity index is 2.71. The van der Waals surface area contributed by atoms with Gasteiger partial charge in [-0.15, -0.1) is 0 Å². The maximum Gasteiger partial charge on any atom is 0.0603 e. The van der Waals surface area contributed by atoms with E-state index in [0.29, 0.717) is 5.92 Å². The maximum absolute atomic E-state index is 9.52. The van der Waals surface area contributed by atoms with E-state index in [4.69, 9.17) is 0 Å². The highest BCUT2D eigenvalue weighted by Crippen LogP contribution is 2.41. The molecule has 0 aromatic rings. The second-order valence-electron chi connectivity index (χ2n) is 4.44. The van der Waals surface area contributed by atoms with Crippen molar-refractivity contribution >= 4 is 0 Å². The first-order chi connectivity index (χ1) is 4.93. The van der Waals surface area contributed by atoms with Crippen LogP contribution in [-0.4, -0.2) is 11.2 Å². The molecule has 1 heteroatoms. The molecule has 11 heavy (non-hydrogen) atoms. The number of aliphatic hydroxyl groups excluding tert-OH is 1. The fourth-order valence-corrected chi connectivity index (χ4v) is 1.82. The van der Waals surface area contributed by atoms with Crippen LogP contribution < -0.4 is 0 Å². The summed E-state index contributed by atoms with van der Waals surface area (Å²) < 4.78 is 0. The quantitative estimate of drug-likeness (QED) is 0.531. The predicted octanol–water partition coefficient (Wildman–Crippen LogP) is 2.36. The Labute approximate surface area is 69.1 Å². The molecule has 0 radical (unpaired) electrons. The molecule has 0 aliphatic heterocycles. The molecular weight excluding hydrogens is 136 g/mol. The summed E-state index contributed by atoms with van der Waals surface area (Å²) in [6, 6.07) is 0. The highest BCUT2D eigenvalue weighted by atomic mass is 16.3. The van der Waals surface area contributed by atoms with Gasteiger partial charge in [-0.1, -0.05) is 32.9 Å². The van der Waals surface area contributed by atoms with Crippen LogP contribution in [0.2, 0.25) is 0 Å². The summed E-state index contributed by atoms with van der Waals surface area (Å²) in [7, 11) is 0. The summed E-state index contributed by atoms with van der Waals surface area (Å²) in [5, 5.41) is 9.52. The van der Waals surface area contributed by atoms with E-state index >= 15 is 0 Å². The summed E-state index contributed by atoms with van der Waals surface area (Å²) in [6.45, 7) is 10.5. The highest BCUT2D eigenvalue weighted by Gasteiger charge is 2.33. The molecule has 1 rings (SSSR count). The van der Waals surface area contributed by atoms with Crippen molar-refractivity contribution < 1.29 is 5.11 Å². The van der Waals surface area contributed by atoms with Crippen LogP contribution in [-0.2, 0) is 0 Å². The molecule has 0 unspecified atom stereocenters. The molecule has 0 bridgehead atoms. The molecule has 2 atom stereocenters. The fourth-order valence-electron chi connectivity index (χ4n) is 1.82. The molecule has 1 fully saturated rings. The van der Waals surface area contributed by atoms with Crippen molar-refractivity contribution in [2.45, 2.75) is 39.7 Å². The Morgan fingerprint density at radius 2 is 2.09 bits per heavy atom. The fraction of sp³-hybridized carbons (Fsp3) is 0.800. The molecule has 1 aliphatic rings. The van der Waals surface area contributed by atoms with Crippen molar-refractivity contribution in [2.75, 3.05) is 0 Å². The predicted molar refractivity (Wildman–Crippen MR) is 47.3 cm³/mol. The van der Waals surface area contributed by atoms with Gasteiger partial charge in [0.1, 0.15) is 0 Å². The summed E-state index contributed by atoms with van der Waals surface area (Å²) in [6.07, 6.45) is 1.69. The Morgan fingerprint density at radius 3 is 2.55 bits per heavy atom. The summed E-state index contributed by atoms with van der Waals surface area (Å²) in [5.74, 6) is 0.426. The molecule has 0 aromatic carbocycles. The molecule has 0 heterocycles. The molecule has 64 valence electrons. The average molecular weight is 154 g/mol. The second-order valence-corrected chi connectivity index (χ2v) is 4.44. The van der Waals surface area contributed by atoms with Gasteiger partial charge < -0.3 is 5.11 Å². The van der Waals surface area contributed by atoms with Crippen LogP contribution in [0.1, 0.15) is 33.6 Å². The Hall–Kier alpha value is -0.300. The van der Waals surface area contributed by atoms with E-state index in [1.54, 1.807) is 0 Å². The summed E-state index contributed by atoms with van der Waals surface area (Å²) in [4.78, 5) is 0. The van der Waals surface area contributed by atoms with Gasteiger partial charge in [0.25, 0.3) is 0 Å². The Bertz CT molecular complexity index is 170. The van der Waals surface area contributed by atoms with Crippen molar-refractivity contribution in [3.05, 3.63) is 12.2 Å². The largest absolute Gasteiger partial charge is 0.393 e. The molecular formula is C10H18O. The molecule has 0 aromatic heterocycles. The molecule has 1 N–H and O–H groups in total. The first-order valence-electron chi connectivity index (χ1n) is 4.30. The monoisotopic (exact) mass is 154 g/mol. The van der Waals surface area contributed by atoms with Gasteiger partial charge in [0.15, 0.2) is 0 Å². The molecule has 1 nitrogen and oxygen atoms in total. The average Bonchev–Trinajstić information content (AvgIpc) is 1.83. The topological polar surface area (TPSA) is 20.2 Å². The van der Waals surface area contributed by atoms with Crippen LogP contribution in [0.15, 0.2) is 12.2 Å². The number of hydrogen-bond donors (Lipinski definition) is 1. The Kier molecular flexibility index (Phi) is 2.10. The van der Waals surface area contributed by atoms with E-state index in [9.17, 15) is 5.11 Å². The van der Waals surface area contributed by atoms with Gasteiger partial charge in [-0.2, -0.15) is 0 Å². The van der Waals surface area contributed by atoms with Gasteiger partial charge in [-0.25, -0.2) is 0 Å². The number of rotatable bonds is 0. The van der Waals surface area contributed by atoms with Crippen LogP contribution in [0.5, 0.6) is 0 Å². The Morgan fingerprint density at radius 1 is 1.55 bits per heavy atom. The minimum atomic E-state index is -0.157. The van der Waals surface area contributed by atoms with Crippen molar-refractivity contribution in [2.24, 2.45) is 11.3 Å². The summed E-state index contributed by atoms with van der Waals surface area (Å²) in [5.41, 5.74) is 1.43. The maximum atomic E-state index is 9.52. The van der Waals surface area contributed by atoms with Gasteiger partial charge >= 0.3 is 0 Å². The van der Waals surface area contributed by atoms with Gasteiger partial charge in [0, 0.05) is 0 Å². The first kappa shape index (κ1) is 8.79. The number of hydrogen-bond acceptors (Lipinski definition) is 1. The van der Waals surface area contributed by atoms with Crippen molar-refractivity contribution in [3.8, 4) is 0 Å². The van der Waals surface area contributed by atoms with Crippen molar-refractivity contribution in [3.63, 3.8) is 0 Å². The molecule has 1 saturated carbocycles. The third-order valence-electron chi connectivity index (χ3n) is 2.90. The lowest BCUT2D eigenvalue weighted by Crippen LogP contribution is -2.33. The zero-order valence-corrected chi connectivity index (χ0v) is 7.72. The lowest BCUT2D eigenvalue weighted by Gasteiger charge is -2.39. The van der Waals surface area contributed by atoms with Gasteiger partial charge in [0.05, 0.1) is 6.10 Å². The third kappa shape index (κ3) is 1.64. The highest BCUT2D eigenvalue weighted by molar-refractivity contribution is 5.12. The third-order valence-corrected chi connectivity index (χ3v) is 2.90. The van der Waals surface area contributed by atoms with E-state index in [1.807, 2.05) is 0 Å². The van der Waals surface area contributed by atoms with E-state index in [1.165, 1.54) is 5.57 Å². The lowest BCUT2D eigenvalue weighted by molar-refractivity contribution is 0.0641. The normalized spacial score (nSPS) is 37.3. The van der Waals surface area contributed by atoms with Crippen LogP contribution in [0, 0.1) is 11.3 Å². The van der Waals surface area contributed by atoms with E-state index in [0.717, 1.165) is 12.8 Å². The molecule has 1 aliphatic carbocycles. The smallest absolute Gasteiger partial charge is 0.0603 e. The lowest BCUT2D eigenvalue weighted by atomic mass is 9.69. The second kappa shape index (κ2) is 2.63. The van der Waals surface area contributed by atoms with Crippen LogP contribution >= 0.6 is 0 Å². The molecule has 0 amide bonds. The number of aliphatic hydroxyl groups is 1. The minimum absolute atomic E-state index is 0.157. The SMILES string of the molecule is C=C1C[C@H](O)[C@@H](C)CC1(C)C. The van der Waals surface area contributed by atoms with Crippen LogP contribution in [0.4, 0.5) is 0 Å². The standard InChI is InChI=1S/C10H18O/c1-7-6-10(3,4)8(2)5-9(7)11/h7,9,11H,2,5-6H2,1,3-4H3/t7-,9-/m0/s1. The van der Waals surface area contributed by atoms with Gasteiger partial charge in [-0.3, -0.25) is 0 Å². The zero-order chi connectivity index (χ0) is 8.65. The van der Waals surface area contributed by atoms with Crippen molar-refractivity contribution in [1.82, 2.24) is 0 Å². The van der Waals surface area contributed by atoms with Gasteiger partial charge in [-0.05, 0) is 24.2 Å².